The number of ether oxygens (including phenoxy) is 2. The van der Waals surface area contributed by atoms with E-state index < -0.39 is 5.79 Å². The Morgan fingerprint density at radius 3 is 1.75 bits per heavy atom. The number of hydrogen-bond acceptors (Lipinski definition) is 4. The molecule has 1 saturated carbocycles. The summed E-state index contributed by atoms with van der Waals surface area (Å²) in [5.74, 6) is 0.507. The van der Waals surface area contributed by atoms with Gasteiger partial charge in [0.25, 0.3) is 0 Å². The fourth-order valence-corrected chi connectivity index (χ4v) is 4.37. The monoisotopic (exact) mass is 336 g/mol. The largest absolute Gasteiger partial charge is 0.347 e. The van der Waals surface area contributed by atoms with Crippen LogP contribution in [0.25, 0.3) is 0 Å². The van der Waals surface area contributed by atoms with Gasteiger partial charge in [0.1, 0.15) is 0 Å². The van der Waals surface area contributed by atoms with E-state index in [9.17, 15) is 9.59 Å². The van der Waals surface area contributed by atoms with Crippen molar-refractivity contribution in [1.29, 1.82) is 0 Å². The lowest BCUT2D eigenvalue weighted by Gasteiger charge is -2.41. The van der Waals surface area contributed by atoms with Crippen LogP contribution in [0.5, 0.6) is 0 Å². The van der Waals surface area contributed by atoms with Crippen LogP contribution >= 0.6 is 0 Å². The van der Waals surface area contributed by atoms with Crippen LogP contribution in [-0.2, 0) is 19.1 Å². The maximum Gasteiger partial charge on any atom is 0.225 e. The van der Waals surface area contributed by atoms with Gasteiger partial charge in [0.05, 0.1) is 13.2 Å². The van der Waals surface area contributed by atoms with Crippen molar-refractivity contribution in [3.05, 3.63) is 0 Å². The summed E-state index contributed by atoms with van der Waals surface area (Å²) in [5, 5.41) is 0. The molecule has 0 unspecified atom stereocenters. The van der Waals surface area contributed by atoms with Gasteiger partial charge in [0.15, 0.2) is 5.79 Å². The van der Waals surface area contributed by atoms with Crippen LogP contribution in [-0.4, -0.2) is 66.8 Å². The van der Waals surface area contributed by atoms with Crippen molar-refractivity contribution in [2.45, 2.75) is 50.7 Å². The summed E-state index contributed by atoms with van der Waals surface area (Å²) in [7, 11) is 0. The Hall–Kier alpha value is -1.14. The molecule has 0 aromatic heterocycles. The SMILES string of the molecule is O=C(C1CCC1)N1CCC(C(=O)N2CCC3(CC2)OCCO3)CC1. The molecule has 2 amide bonds. The van der Waals surface area contributed by atoms with E-state index in [-0.39, 0.29) is 17.7 Å². The van der Waals surface area contributed by atoms with Crippen molar-refractivity contribution in [2.24, 2.45) is 11.8 Å². The van der Waals surface area contributed by atoms with Gasteiger partial charge in [-0.2, -0.15) is 0 Å². The molecule has 0 N–H and O–H groups in total. The molecular weight excluding hydrogens is 308 g/mol. The molecule has 0 atom stereocenters. The Morgan fingerprint density at radius 1 is 0.750 bits per heavy atom. The van der Waals surface area contributed by atoms with Crippen LogP contribution in [0.3, 0.4) is 0 Å². The van der Waals surface area contributed by atoms with Crippen LogP contribution in [0.15, 0.2) is 0 Å². The summed E-state index contributed by atoms with van der Waals surface area (Å²) in [6.45, 7) is 4.27. The Bertz CT molecular complexity index is 481. The highest BCUT2D eigenvalue weighted by Gasteiger charge is 2.42. The smallest absolute Gasteiger partial charge is 0.225 e. The molecule has 0 bridgehead atoms. The zero-order chi connectivity index (χ0) is 16.6. The first kappa shape index (κ1) is 16.3. The van der Waals surface area contributed by atoms with Crippen molar-refractivity contribution < 1.29 is 19.1 Å². The molecule has 6 heteroatoms. The molecule has 6 nitrogen and oxygen atoms in total. The number of carbonyl (C=O) groups is 2. The molecule has 1 aliphatic carbocycles. The van der Waals surface area contributed by atoms with E-state index in [0.717, 1.165) is 64.7 Å². The normalized spacial score (nSPS) is 28.2. The first-order chi connectivity index (χ1) is 11.7. The van der Waals surface area contributed by atoms with Gasteiger partial charge in [-0.15, -0.1) is 0 Å². The topological polar surface area (TPSA) is 59.1 Å². The number of nitrogens with zero attached hydrogens (tertiary/aromatic N) is 2. The molecule has 0 radical (unpaired) electrons. The summed E-state index contributed by atoms with van der Waals surface area (Å²) in [6, 6.07) is 0. The lowest BCUT2D eigenvalue weighted by molar-refractivity contribution is -0.188. The second-order valence-corrected chi connectivity index (χ2v) is 7.66. The minimum atomic E-state index is -0.421. The summed E-state index contributed by atoms with van der Waals surface area (Å²) >= 11 is 0. The molecule has 24 heavy (non-hydrogen) atoms. The van der Waals surface area contributed by atoms with Gasteiger partial charge >= 0.3 is 0 Å². The van der Waals surface area contributed by atoms with E-state index in [4.69, 9.17) is 9.47 Å². The van der Waals surface area contributed by atoms with Crippen molar-refractivity contribution >= 4 is 11.8 Å². The molecule has 0 aromatic rings. The third-order valence-electron chi connectivity index (χ3n) is 6.26. The fraction of sp³-hybridized carbons (Fsp3) is 0.889. The third kappa shape index (κ3) is 3.06. The van der Waals surface area contributed by atoms with Crippen LogP contribution in [0.4, 0.5) is 0 Å². The second kappa shape index (κ2) is 6.64. The highest BCUT2D eigenvalue weighted by atomic mass is 16.7. The second-order valence-electron chi connectivity index (χ2n) is 7.66. The highest BCUT2D eigenvalue weighted by Crippen LogP contribution is 2.33. The fourth-order valence-electron chi connectivity index (χ4n) is 4.37. The maximum absolute atomic E-state index is 12.8. The average Bonchev–Trinajstić information content (AvgIpc) is 3.02. The zero-order valence-electron chi connectivity index (χ0n) is 14.4. The standard InChI is InChI=1S/C18H28N2O4/c21-16(14-2-1-3-14)19-8-4-15(5-9-19)17(22)20-10-6-18(7-11-20)23-12-13-24-18/h14-15H,1-13H2. The van der Waals surface area contributed by atoms with Gasteiger partial charge in [0.2, 0.25) is 11.8 Å². The average molecular weight is 336 g/mol. The first-order valence-electron chi connectivity index (χ1n) is 9.52. The highest BCUT2D eigenvalue weighted by molar-refractivity contribution is 5.81. The number of piperidine rings is 2. The van der Waals surface area contributed by atoms with Crippen LogP contribution in [0, 0.1) is 11.8 Å². The predicted octanol–water partition coefficient (Wildman–Crippen LogP) is 1.39. The molecule has 3 saturated heterocycles. The van der Waals surface area contributed by atoms with Gasteiger partial charge in [0, 0.05) is 50.9 Å². The summed E-state index contributed by atoms with van der Waals surface area (Å²) < 4.78 is 11.5. The molecule has 134 valence electrons. The Labute approximate surface area is 143 Å². The van der Waals surface area contributed by atoms with Gasteiger partial charge in [-0.05, 0) is 25.7 Å². The van der Waals surface area contributed by atoms with Crippen molar-refractivity contribution in [3.63, 3.8) is 0 Å². The van der Waals surface area contributed by atoms with Crippen LogP contribution in [0.2, 0.25) is 0 Å². The molecule has 4 rings (SSSR count). The zero-order valence-corrected chi connectivity index (χ0v) is 14.4. The van der Waals surface area contributed by atoms with Crippen LogP contribution in [0.1, 0.15) is 44.9 Å². The van der Waals surface area contributed by atoms with E-state index in [1.54, 1.807) is 0 Å². The Kier molecular flexibility index (Phi) is 4.52. The minimum Gasteiger partial charge on any atom is -0.347 e. The Balaban J connectivity index is 1.25. The maximum atomic E-state index is 12.8. The van der Waals surface area contributed by atoms with E-state index >= 15 is 0 Å². The third-order valence-corrected chi connectivity index (χ3v) is 6.26. The Morgan fingerprint density at radius 2 is 1.25 bits per heavy atom. The molecule has 3 heterocycles. The van der Waals surface area contributed by atoms with Gasteiger partial charge < -0.3 is 19.3 Å². The van der Waals surface area contributed by atoms with Crippen molar-refractivity contribution in [3.8, 4) is 0 Å². The van der Waals surface area contributed by atoms with E-state index in [0.29, 0.717) is 19.1 Å². The number of rotatable bonds is 2. The minimum absolute atomic E-state index is 0.0786. The number of amides is 2. The predicted molar refractivity (Wildman–Crippen MR) is 87.1 cm³/mol. The van der Waals surface area contributed by atoms with Crippen LogP contribution < -0.4 is 0 Å². The lowest BCUT2D eigenvalue weighted by atomic mass is 9.83. The first-order valence-corrected chi connectivity index (χ1v) is 9.52. The molecule has 0 aromatic carbocycles. The number of likely N-dealkylation sites (tertiary alicyclic amines) is 2. The summed E-state index contributed by atoms with van der Waals surface area (Å²) in [4.78, 5) is 29.0. The van der Waals surface area contributed by atoms with Gasteiger partial charge in [-0.3, -0.25) is 9.59 Å². The molecule has 3 aliphatic heterocycles. The lowest BCUT2D eigenvalue weighted by Crippen LogP contribution is -2.51. The molecular formula is C18H28N2O4. The number of carbonyl (C=O) groups excluding carboxylic acids is 2. The number of hydrogen-bond donors (Lipinski definition) is 0. The molecule has 4 aliphatic rings. The van der Waals surface area contributed by atoms with E-state index in [2.05, 4.69) is 0 Å². The summed E-state index contributed by atoms with van der Waals surface area (Å²) in [5.41, 5.74) is 0. The molecule has 1 spiro atoms. The quantitative estimate of drug-likeness (QED) is 0.765. The van der Waals surface area contributed by atoms with E-state index in [1.807, 2.05) is 9.80 Å². The van der Waals surface area contributed by atoms with Gasteiger partial charge in [-0.25, -0.2) is 0 Å². The van der Waals surface area contributed by atoms with Crippen molar-refractivity contribution in [2.75, 3.05) is 39.4 Å². The van der Waals surface area contributed by atoms with Crippen molar-refractivity contribution in [1.82, 2.24) is 9.80 Å². The molecule has 4 fully saturated rings. The van der Waals surface area contributed by atoms with E-state index in [1.165, 1.54) is 6.42 Å². The summed E-state index contributed by atoms with van der Waals surface area (Å²) in [6.07, 6.45) is 6.47. The van der Waals surface area contributed by atoms with Gasteiger partial charge in [-0.1, -0.05) is 6.42 Å².